The Morgan fingerprint density at radius 3 is 2.55 bits per heavy atom. The van der Waals surface area contributed by atoms with Crippen molar-refractivity contribution in [2.45, 2.75) is 13.8 Å². The fraction of sp³-hybridized carbons (Fsp3) is 0.133. The van der Waals surface area contributed by atoms with Crippen LogP contribution in [0.5, 0.6) is 0 Å². The van der Waals surface area contributed by atoms with Crippen LogP contribution in [0.1, 0.15) is 21.7 Å². The zero-order valence-electron chi connectivity index (χ0n) is 12.1. The molecule has 3 aromatic rings. The summed E-state index contributed by atoms with van der Waals surface area (Å²) in [4.78, 5) is 15.5. The van der Waals surface area contributed by atoms with E-state index in [0.29, 0.717) is 17.2 Å². The van der Waals surface area contributed by atoms with Crippen LogP contribution in [0.25, 0.3) is 17.2 Å². The number of pyridine rings is 1. The molecule has 0 radical (unpaired) electrons. The molecule has 0 aliphatic rings. The number of aromatic carboxylic acids is 1. The number of carboxylic acids is 1. The van der Waals surface area contributed by atoms with Gasteiger partial charge in [0.15, 0.2) is 11.5 Å². The van der Waals surface area contributed by atoms with Gasteiger partial charge in [-0.15, -0.1) is 5.10 Å². The largest absolute Gasteiger partial charge is 0.476 e. The highest BCUT2D eigenvalue weighted by Gasteiger charge is 2.17. The van der Waals surface area contributed by atoms with Crippen molar-refractivity contribution in [1.29, 1.82) is 0 Å². The number of hydrogen-bond acceptors (Lipinski definition) is 5. The molecule has 0 spiro atoms. The number of carbonyl (C=O) groups is 1. The summed E-state index contributed by atoms with van der Waals surface area (Å²) < 4.78 is 1.44. The summed E-state index contributed by atoms with van der Waals surface area (Å²) in [6, 6.07) is 8.72. The van der Waals surface area contributed by atoms with Gasteiger partial charge in [-0.2, -0.15) is 10.2 Å². The lowest BCUT2D eigenvalue weighted by molar-refractivity contribution is 0.0690. The van der Waals surface area contributed by atoms with E-state index in [4.69, 9.17) is 0 Å². The molecule has 3 rings (SSSR count). The molecule has 22 heavy (non-hydrogen) atoms. The van der Waals surface area contributed by atoms with Crippen LogP contribution in [0.2, 0.25) is 0 Å². The summed E-state index contributed by atoms with van der Waals surface area (Å²) >= 11 is 0. The molecule has 7 heteroatoms. The van der Waals surface area contributed by atoms with E-state index in [0.717, 1.165) is 11.3 Å². The number of nitrogens with zero attached hydrogens (tertiary/aromatic N) is 5. The summed E-state index contributed by atoms with van der Waals surface area (Å²) in [6.45, 7) is 3.76. The molecule has 0 unspecified atom stereocenters. The highest BCUT2D eigenvalue weighted by Crippen LogP contribution is 2.21. The number of aryl methyl sites for hydroxylation is 2. The van der Waals surface area contributed by atoms with E-state index in [9.17, 15) is 9.90 Å². The van der Waals surface area contributed by atoms with Gasteiger partial charge in [0, 0.05) is 12.3 Å². The van der Waals surface area contributed by atoms with E-state index in [-0.39, 0.29) is 5.69 Å². The number of carboxylic acid groups (broad SMARTS) is 1. The Kier molecular flexibility index (Phi) is 3.38. The van der Waals surface area contributed by atoms with Crippen LogP contribution < -0.4 is 0 Å². The second kappa shape index (κ2) is 5.36. The van der Waals surface area contributed by atoms with Crippen molar-refractivity contribution < 1.29 is 9.90 Å². The second-order valence-electron chi connectivity index (χ2n) is 4.89. The predicted molar refractivity (Wildman–Crippen MR) is 78.8 cm³/mol. The molecule has 0 amide bonds. The minimum Gasteiger partial charge on any atom is -0.476 e. The van der Waals surface area contributed by atoms with Gasteiger partial charge in [-0.25, -0.2) is 9.48 Å². The van der Waals surface area contributed by atoms with E-state index >= 15 is 0 Å². The zero-order chi connectivity index (χ0) is 15.7. The molecule has 0 aliphatic heterocycles. The summed E-state index contributed by atoms with van der Waals surface area (Å²) in [5.74, 6) is -0.664. The Hall–Kier alpha value is -3.09. The summed E-state index contributed by atoms with van der Waals surface area (Å²) in [6.07, 6.45) is 1.72. The monoisotopic (exact) mass is 295 g/mol. The van der Waals surface area contributed by atoms with Gasteiger partial charge in [-0.3, -0.25) is 4.98 Å². The molecule has 7 nitrogen and oxygen atoms in total. The Morgan fingerprint density at radius 2 is 1.95 bits per heavy atom. The normalized spacial score (nSPS) is 10.6. The van der Waals surface area contributed by atoms with E-state index in [1.54, 1.807) is 18.3 Å². The zero-order valence-corrected chi connectivity index (χ0v) is 12.1. The van der Waals surface area contributed by atoms with Crippen LogP contribution in [-0.4, -0.2) is 36.0 Å². The maximum Gasteiger partial charge on any atom is 0.356 e. The third kappa shape index (κ3) is 2.56. The molecule has 0 saturated carbocycles. The smallest absolute Gasteiger partial charge is 0.356 e. The average molecular weight is 295 g/mol. The molecule has 1 N–H and O–H groups in total. The molecule has 0 fully saturated rings. The predicted octanol–water partition coefficient (Wildman–Crippen LogP) is 2.04. The summed E-state index contributed by atoms with van der Waals surface area (Å²) in [7, 11) is 0. The van der Waals surface area contributed by atoms with E-state index in [1.165, 1.54) is 10.7 Å². The van der Waals surface area contributed by atoms with Crippen molar-refractivity contribution in [3.05, 3.63) is 53.5 Å². The molecule has 0 aliphatic carbocycles. The minimum absolute atomic E-state index is 0.0697. The van der Waals surface area contributed by atoms with Gasteiger partial charge >= 0.3 is 5.97 Å². The first kappa shape index (κ1) is 13.9. The van der Waals surface area contributed by atoms with Gasteiger partial charge in [0.05, 0.1) is 17.1 Å². The van der Waals surface area contributed by atoms with Gasteiger partial charge < -0.3 is 5.11 Å². The molecule has 0 bridgehead atoms. The van der Waals surface area contributed by atoms with Crippen LogP contribution in [0.4, 0.5) is 0 Å². The molecule has 0 saturated heterocycles. The van der Waals surface area contributed by atoms with Crippen molar-refractivity contribution in [1.82, 2.24) is 25.0 Å². The second-order valence-corrected chi connectivity index (χ2v) is 4.89. The highest BCUT2D eigenvalue weighted by molar-refractivity contribution is 5.87. The lowest BCUT2D eigenvalue weighted by atomic mass is 10.2. The number of rotatable bonds is 3. The van der Waals surface area contributed by atoms with E-state index in [1.807, 2.05) is 26.0 Å². The fourth-order valence-corrected chi connectivity index (χ4v) is 1.97. The van der Waals surface area contributed by atoms with Crippen LogP contribution >= 0.6 is 0 Å². The summed E-state index contributed by atoms with van der Waals surface area (Å²) in [5.41, 5.74) is 2.89. The third-order valence-electron chi connectivity index (χ3n) is 3.10. The third-order valence-corrected chi connectivity index (χ3v) is 3.10. The van der Waals surface area contributed by atoms with Crippen LogP contribution in [0.15, 0.2) is 36.5 Å². The SMILES string of the molecule is Cc1ccc(-c2cc(C(=O)O)nn2-c2ccc(C)nn2)nc1. The van der Waals surface area contributed by atoms with E-state index < -0.39 is 5.97 Å². The topological polar surface area (TPSA) is 93.8 Å². The van der Waals surface area contributed by atoms with Gasteiger partial charge in [0.2, 0.25) is 0 Å². The lowest BCUT2D eigenvalue weighted by Crippen LogP contribution is -2.05. The van der Waals surface area contributed by atoms with Gasteiger partial charge in [0.25, 0.3) is 0 Å². The Labute approximate surface area is 126 Å². The van der Waals surface area contributed by atoms with Crippen LogP contribution in [-0.2, 0) is 0 Å². The van der Waals surface area contributed by atoms with E-state index in [2.05, 4.69) is 20.3 Å². The van der Waals surface area contributed by atoms with Gasteiger partial charge in [-0.05, 0) is 37.6 Å². The Bertz CT molecular complexity index is 759. The van der Waals surface area contributed by atoms with Crippen molar-refractivity contribution in [3.8, 4) is 17.2 Å². The minimum atomic E-state index is -1.10. The molecular formula is C15H13N5O2. The van der Waals surface area contributed by atoms with Crippen molar-refractivity contribution in [3.63, 3.8) is 0 Å². The maximum atomic E-state index is 11.2. The lowest BCUT2D eigenvalue weighted by Gasteiger charge is -2.05. The number of aromatic nitrogens is 5. The first-order valence-electron chi connectivity index (χ1n) is 6.61. The first-order valence-corrected chi connectivity index (χ1v) is 6.61. The average Bonchev–Trinajstić information content (AvgIpc) is 2.94. The standard InChI is InChI=1S/C15H13N5O2/c1-9-3-5-11(16-8-9)13-7-12(15(21)22)19-20(13)14-6-4-10(2)17-18-14/h3-8H,1-2H3,(H,21,22). The Balaban J connectivity index is 2.17. The molecule has 3 aromatic heterocycles. The maximum absolute atomic E-state index is 11.2. The van der Waals surface area contributed by atoms with Crippen LogP contribution in [0.3, 0.4) is 0 Å². The van der Waals surface area contributed by atoms with Gasteiger partial charge in [0.1, 0.15) is 0 Å². The van der Waals surface area contributed by atoms with Crippen molar-refractivity contribution in [2.24, 2.45) is 0 Å². The molecule has 0 aromatic carbocycles. The Morgan fingerprint density at radius 1 is 1.14 bits per heavy atom. The van der Waals surface area contributed by atoms with Crippen molar-refractivity contribution >= 4 is 5.97 Å². The molecule has 0 atom stereocenters. The van der Waals surface area contributed by atoms with Gasteiger partial charge in [-0.1, -0.05) is 6.07 Å². The van der Waals surface area contributed by atoms with Crippen molar-refractivity contribution in [2.75, 3.05) is 0 Å². The fourth-order valence-electron chi connectivity index (χ4n) is 1.97. The quantitative estimate of drug-likeness (QED) is 0.794. The highest BCUT2D eigenvalue weighted by atomic mass is 16.4. The first-order chi connectivity index (χ1) is 10.5. The van der Waals surface area contributed by atoms with Crippen LogP contribution in [0, 0.1) is 13.8 Å². The number of hydrogen-bond donors (Lipinski definition) is 1. The molecule has 3 heterocycles. The molecular weight excluding hydrogens is 282 g/mol. The molecule has 110 valence electrons. The summed E-state index contributed by atoms with van der Waals surface area (Å²) in [5, 5.41) is 21.3.